The molecule has 7 nitrogen and oxygen atoms in total. The summed E-state index contributed by atoms with van der Waals surface area (Å²) in [7, 11) is -2.46. The number of ether oxygens (including phenoxy) is 2. The number of carbonyl (C=O) groups is 1. The fourth-order valence-electron chi connectivity index (χ4n) is 2.22. The highest BCUT2D eigenvalue weighted by Crippen LogP contribution is 2.26. The highest BCUT2D eigenvalue weighted by atomic mass is 35.5. The lowest BCUT2D eigenvalue weighted by atomic mass is 10.2. The minimum absolute atomic E-state index is 0.0156. The lowest BCUT2D eigenvalue weighted by Gasteiger charge is -2.12. The van der Waals surface area contributed by atoms with Gasteiger partial charge in [-0.3, -0.25) is 9.52 Å². The van der Waals surface area contributed by atoms with E-state index >= 15 is 0 Å². The first kappa shape index (κ1) is 21.0. The van der Waals surface area contributed by atoms with E-state index in [1.807, 2.05) is 6.92 Å². The van der Waals surface area contributed by atoms with Crippen molar-refractivity contribution in [3.8, 4) is 5.75 Å². The van der Waals surface area contributed by atoms with Crippen molar-refractivity contribution < 1.29 is 22.7 Å². The van der Waals surface area contributed by atoms with Gasteiger partial charge in [0.25, 0.3) is 15.9 Å². The van der Waals surface area contributed by atoms with Crippen molar-refractivity contribution in [2.24, 2.45) is 0 Å². The molecule has 1 amide bonds. The summed E-state index contributed by atoms with van der Waals surface area (Å²) >= 11 is 6.05. The van der Waals surface area contributed by atoms with Gasteiger partial charge in [0.15, 0.2) is 0 Å². The summed E-state index contributed by atoms with van der Waals surface area (Å²) in [6, 6.07) is 10.5. The summed E-state index contributed by atoms with van der Waals surface area (Å²) < 4.78 is 38.0. The molecule has 9 heteroatoms. The molecule has 2 rings (SSSR count). The van der Waals surface area contributed by atoms with Crippen LogP contribution in [0, 0.1) is 0 Å². The quantitative estimate of drug-likeness (QED) is 0.617. The van der Waals surface area contributed by atoms with Crippen molar-refractivity contribution in [1.29, 1.82) is 0 Å². The second-order valence-corrected chi connectivity index (χ2v) is 7.51. The zero-order valence-electron chi connectivity index (χ0n) is 15.0. The molecule has 0 aromatic heterocycles. The Morgan fingerprint density at radius 2 is 1.85 bits per heavy atom. The van der Waals surface area contributed by atoms with Crippen LogP contribution in [0.4, 0.5) is 5.69 Å². The fourth-order valence-corrected chi connectivity index (χ4v) is 3.80. The van der Waals surface area contributed by atoms with E-state index in [2.05, 4.69) is 10.0 Å². The van der Waals surface area contributed by atoms with E-state index in [4.69, 9.17) is 21.1 Å². The highest BCUT2D eigenvalue weighted by molar-refractivity contribution is 7.92. The lowest BCUT2D eigenvalue weighted by molar-refractivity contribution is 0.0937. The Morgan fingerprint density at radius 1 is 1.15 bits per heavy atom. The van der Waals surface area contributed by atoms with Crippen LogP contribution in [0.2, 0.25) is 5.02 Å². The van der Waals surface area contributed by atoms with Crippen molar-refractivity contribution in [3.63, 3.8) is 0 Å². The van der Waals surface area contributed by atoms with Crippen LogP contribution < -0.4 is 14.8 Å². The summed E-state index contributed by atoms with van der Waals surface area (Å²) in [6.45, 7) is 3.03. The van der Waals surface area contributed by atoms with Crippen LogP contribution in [0.5, 0.6) is 5.75 Å². The fraction of sp³-hybridized carbons (Fsp3) is 0.278. The SMILES string of the molecule is CCOc1ccc(NS(=O)(=O)c2cc(C(=O)NCCOC)ccc2Cl)cc1. The maximum absolute atomic E-state index is 12.7. The van der Waals surface area contributed by atoms with Gasteiger partial charge in [-0.15, -0.1) is 0 Å². The van der Waals surface area contributed by atoms with Gasteiger partial charge in [0.05, 0.1) is 18.2 Å². The van der Waals surface area contributed by atoms with Gasteiger partial charge in [-0.25, -0.2) is 8.42 Å². The molecule has 0 heterocycles. The average molecular weight is 413 g/mol. The number of nitrogens with one attached hydrogen (secondary N) is 2. The Morgan fingerprint density at radius 3 is 2.48 bits per heavy atom. The van der Waals surface area contributed by atoms with Gasteiger partial charge < -0.3 is 14.8 Å². The van der Waals surface area contributed by atoms with Gasteiger partial charge in [0, 0.05) is 24.9 Å². The van der Waals surface area contributed by atoms with Crippen LogP contribution in [0.3, 0.4) is 0 Å². The Balaban J connectivity index is 2.21. The van der Waals surface area contributed by atoms with Gasteiger partial charge in [0.1, 0.15) is 10.6 Å². The van der Waals surface area contributed by atoms with E-state index in [9.17, 15) is 13.2 Å². The number of hydrogen-bond donors (Lipinski definition) is 2. The van der Waals surface area contributed by atoms with Crippen LogP contribution in [0.15, 0.2) is 47.4 Å². The van der Waals surface area contributed by atoms with E-state index in [0.717, 1.165) is 0 Å². The molecule has 27 heavy (non-hydrogen) atoms. The molecular formula is C18H21ClN2O5S. The molecular weight excluding hydrogens is 392 g/mol. The summed E-state index contributed by atoms with van der Waals surface area (Å²) in [4.78, 5) is 11.9. The van der Waals surface area contributed by atoms with Crippen LogP contribution in [-0.4, -0.2) is 41.2 Å². The molecule has 0 aliphatic rings. The highest BCUT2D eigenvalue weighted by Gasteiger charge is 2.20. The van der Waals surface area contributed by atoms with Gasteiger partial charge in [-0.05, 0) is 49.4 Å². The Kier molecular flexibility index (Phi) is 7.46. The Hall–Kier alpha value is -2.29. The molecule has 2 N–H and O–H groups in total. The van der Waals surface area contributed by atoms with Crippen LogP contribution in [0.1, 0.15) is 17.3 Å². The second-order valence-electron chi connectivity index (χ2n) is 5.46. The molecule has 0 atom stereocenters. The maximum Gasteiger partial charge on any atom is 0.263 e. The van der Waals surface area contributed by atoms with Crippen LogP contribution >= 0.6 is 11.6 Å². The van der Waals surface area contributed by atoms with Crippen LogP contribution in [-0.2, 0) is 14.8 Å². The maximum atomic E-state index is 12.7. The number of anilines is 1. The first-order chi connectivity index (χ1) is 12.9. The molecule has 0 spiro atoms. The lowest BCUT2D eigenvalue weighted by Crippen LogP contribution is -2.27. The van der Waals surface area contributed by atoms with E-state index < -0.39 is 15.9 Å². The molecule has 2 aromatic rings. The smallest absolute Gasteiger partial charge is 0.263 e. The molecule has 146 valence electrons. The number of halogens is 1. The first-order valence-electron chi connectivity index (χ1n) is 8.19. The normalized spacial score (nSPS) is 11.1. The molecule has 0 unspecified atom stereocenters. The van der Waals surface area contributed by atoms with E-state index in [1.54, 1.807) is 24.3 Å². The number of carbonyl (C=O) groups excluding carboxylic acids is 1. The van der Waals surface area contributed by atoms with E-state index in [1.165, 1.54) is 25.3 Å². The number of rotatable bonds is 9. The molecule has 0 radical (unpaired) electrons. The average Bonchev–Trinajstić information content (AvgIpc) is 2.63. The molecule has 0 aliphatic heterocycles. The third-order valence-electron chi connectivity index (χ3n) is 3.49. The summed E-state index contributed by atoms with van der Waals surface area (Å²) in [5.74, 6) is 0.217. The molecule has 0 saturated heterocycles. The molecule has 2 aromatic carbocycles. The van der Waals surface area contributed by atoms with E-state index in [0.29, 0.717) is 31.2 Å². The predicted octanol–water partition coefficient (Wildman–Crippen LogP) is 2.92. The van der Waals surface area contributed by atoms with Gasteiger partial charge in [-0.2, -0.15) is 0 Å². The monoisotopic (exact) mass is 412 g/mol. The number of amides is 1. The first-order valence-corrected chi connectivity index (χ1v) is 10.1. The standard InChI is InChI=1S/C18H21ClN2O5S/c1-3-26-15-7-5-14(6-8-15)21-27(23,24)17-12-13(4-9-16(17)19)18(22)20-10-11-25-2/h4-9,12,21H,3,10-11H2,1-2H3,(H,20,22). The summed E-state index contributed by atoms with van der Waals surface area (Å²) in [5, 5.41) is 2.65. The number of hydrogen-bond acceptors (Lipinski definition) is 5. The molecule has 0 fully saturated rings. The third-order valence-corrected chi connectivity index (χ3v) is 5.36. The molecule has 0 bridgehead atoms. The minimum Gasteiger partial charge on any atom is -0.494 e. The van der Waals surface area contributed by atoms with Crippen LogP contribution in [0.25, 0.3) is 0 Å². The second kappa shape index (κ2) is 9.59. The van der Waals surface area contributed by atoms with Crippen molar-refractivity contribution in [3.05, 3.63) is 53.1 Å². The van der Waals surface area contributed by atoms with Crippen molar-refractivity contribution in [1.82, 2.24) is 5.32 Å². The number of benzene rings is 2. The summed E-state index contributed by atoms with van der Waals surface area (Å²) in [5.41, 5.74) is 0.534. The molecule has 0 saturated carbocycles. The van der Waals surface area contributed by atoms with Crippen molar-refractivity contribution >= 4 is 33.2 Å². The zero-order chi connectivity index (χ0) is 19.9. The zero-order valence-corrected chi connectivity index (χ0v) is 16.6. The van der Waals surface area contributed by atoms with Crippen molar-refractivity contribution in [2.75, 3.05) is 31.6 Å². The van der Waals surface area contributed by atoms with Crippen molar-refractivity contribution in [2.45, 2.75) is 11.8 Å². The van der Waals surface area contributed by atoms with Gasteiger partial charge >= 0.3 is 0 Å². The summed E-state index contributed by atoms with van der Waals surface area (Å²) in [6.07, 6.45) is 0. The van der Waals surface area contributed by atoms with Gasteiger partial charge in [-0.1, -0.05) is 11.6 Å². The largest absolute Gasteiger partial charge is 0.494 e. The molecule has 0 aliphatic carbocycles. The Labute approximate surface area is 163 Å². The third kappa shape index (κ3) is 5.85. The minimum atomic E-state index is -3.98. The number of sulfonamides is 1. The Bertz CT molecular complexity index is 885. The number of methoxy groups -OCH3 is 1. The topological polar surface area (TPSA) is 93.7 Å². The van der Waals surface area contributed by atoms with E-state index in [-0.39, 0.29) is 15.5 Å². The van der Waals surface area contributed by atoms with Gasteiger partial charge in [0.2, 0.25) is 0 Å². The predicted molar refractivity (Wildman–Crippen MR) is 104 cm³/mol.